The van der Waals surface area contributed by atoms with Gasteiger partial charge in [0.05, 0.1) is 20.4 Å². The first kappa shape index (κ1) is 17.9. The molecule has 22 heavy (non-hydrogen) atoms. The van der Waals surface area contributed by atoms with Crippen molar-refractivity contribution in [2.75, 3.05) is 0 Å². The Morgan fingerprint density at radius 2 is 1.95 bits per heavy atom. The minimum absolute atomic E-state index is 0.106. The summed E-state index contributed by atoms with van der Waals surface area (Å²) in [5.41, 5.74) is -5.65. The molecular weight excluding hydrogens is 329 g/mol. The summed E-state index contributed by atoms with van der Waals surface area (Å²) in [4.78, 5) is 11.9. The van der Waals surface area contributed by atoms with Gasteiger partial charge in [-0.1, -0.05) is 0 Å². The number of carbonyl (C=O) groups is 1. The zero-order valence-electron chi connectivity index (χ0n) is 11.4. The van der Waals surface area contributed by atoms with Crippen LogP contribution in [0.25, 0.3) is 0 Å². The minimum Gasteiger partial charge on any atom is -0.741 e. The van der Waals surface area contributed by atoms with Crippen molar-refractivity contribution in [3.8, 4) is 0 Å². The van der Waals surface area contributed by atoms with Crippen LogP contribution in [0.2, 0.25) is 0 Å². The Bertz CT molecular complexity index is 728. The maximum Gasteiger partial charge on any atom is 0.485 e. The average molecular weight is 340 g/mol. The first-order chi connectivity index (χ1) is 9.95. The van der Waals surface area contributed by atoms with Gasteiger partial charge in [0.1, 0.15) is 12.4 Å². The van der Waals surface area contributed by atoms with E-state index in [2.05, 4.69) is 0 Å². The van der Waals surface area contributed by atoms with Crippen molar-refractivity contribution in [2.24, 2.45) is 14.1 Å². The van der Waals surface area contributed by atoms with Crippen LogP contribution in [0.15, 0.2) is 35.2 Å². The lowest BCUT2D eigenvalue weighted by molar-refractivity contribution is -0.672. The second kappa shape index (κ2) is 6.32. The van der Waals surface area contributed by atoms with E-state index in [4.69, 9.17) is 17.4 Å². The van der Waals surface area contributed by atoms with Crippen molar-refractivity contribution >= 4 is 15.9 Å². The predicted molar refractivity (Wildman–Crippen MR) is 64.5 cm³/mol. The Labute approximate surface area is 123 Å². The fourth-order valence-electron chi connectivity index (χ4n) is 1.43. The number of imidazole rings is 1. The molecule has 2 aromatic rings. The molecule has 122 valence electrons. The van der Waals surface area contributed by atoms with E-state index in [0.29, 0.717) is 11.6 Å². The van der Waals surface area contributed by atoms with Crippen molar-refractivity contribution in [2.45, 2.75) is 5.51 Å². The van der Waals surface area contributed by atoms with Crippen molar-refractivity contribution < 1.29 is 39.9 Å². The zero-order valence-corrected chi connectivity index (χ0v) is 12.2. The number of hydrogen-bond donors (Lipinski definition) is 0. The Morgan fingerprint density at radius 3 is 2.27 bits per heavy atom. The van der Waals surface area contributed by atoms with Gasteiger partial charge in [-0.3, -0.25) is 4.79 Å². The lowest BCUT2D eigenvalue weighted by Crippen LogP contribution is -2.35. The molecule has 0 N–H and O–H groups in total. The molecule has 0 unspecified atom stereocenters. The number of aromatic nitrogens is 2. The second-order valence-electron chi connectivity index (χ2n) is 4.05. The summed E-state index contributed by atoms with van der Waals surface area (Å²) in [5.74, 6) is 0.854. The van der Waals surface area contributed by atoms with Crippen molar-refractivity contribution in [1.29, 1.82) is 0 Å². The third-order valence-electron chi connectivity index (χ3n) is 2.41. The number of rotatable bonds is 2. The number of ketones is 1. The van der Waals surface area contributed by atoms with E-state index < -0.39 is 15.6 Å². The molecule has 0 radical (unpaired) electrons. The molecule has 0 saturated heterocycles. The Kier molecular flexibility index (Phi) is 5.14. The van der Waals surface area contributed by atoms with Gasteiger partial charge in [0, 0.05) is 0 Å². The van der Waals surface area contributed by atoms with Crippen LogP contribution in [-0.2, 0) is 24.2 Å². The molecule has 0 aliphatic heterocycles. The molecule has 2 rings (SSSR count). The predicted octanol–water partition coefficient (Wildman–Crippen LogP) is 0.725. The van der Waals surface area contributed by atoms with Crippen LogP contribution in [0.5, 0.6) is 0 Å². The number of nitrogens with zero attached hydrogens (tertiary/aromatic N) is 2. The summed E-state index contributed by atoms with van der Waals surface area (Å²) in [7, 11) is -2.43. The monoisotopic (exact) mass is 340 g/mol. The van der Waals surface area contributed by atoms with Gasteiger partial charge in [0.2, 0.25) is 0 Å². The largest absolute Gasteiger partial charge is 0.741 e. The Morgan fingerprint density at radius 1 is 1.41 bits per heavy atom. The summed E-state index contributed by atoms with van der Waals surface area (Å²) in [6, 6.07) is 3.37. The average Bonchev–Trinajstić information content (AvgIpc) is 2.97. The van der Waals surface area contributed by atoms with Gasteiger partial charge in [-0.15, -0.1) is 0 Å². The van der Waals surface area contributed by atoms with E-state index >= 15 is 0 Å². The first-order valence-corrected chi connectivity index (χ1v) is 6.97. The number of halogens is 3. The molecule has 0 aliphatic rings. The third kappa shape index (κ3) is 4.18. The zero-order chi connectivity index (χ0) is 17.1. The molecule has 0 saturated carbocycles. The maximum absolute atomic E-state index is 11.9. The van der Waals surface area contributed by atoms with Gasteiger partial charge in [-0.2, -0.15) is 13.2 Å². The first-order valence-electron chi connectivity index (χ1n) is 5.56. The molecule has 2 heterocycles. The van der Waals surface area contributed by atoms with Crippen LogP contribution in [0.1, 0.15) is 16.4 Å². The fraction of sp³-hybridized carbons (Fsp3) is 0.273. The van der Waals surface area contributed by atoms with Crippen LogP contribution < -0.4 is 4.57 Å². The number of furan rings is 1. The van der Waals surface area contributed by atoms with E-state index in [0.717, 1.165) is 0 Å². The highest BCUT2D eigenvalue weighted by molar-refractivity contribution is 7.86. The van der Waals surface area contributed by atoms with E-state index in [9.17, 15) is 18.0 Å². The highest BCUT2D eigenvalue weighted by Gasteiger charge is 2.36. The van der Waals surface area contributed by atoms with Gasteiger partial charge in [-0.05, 0) is 12.1 Å². The van der Waals surface area contributed by atoms with Crippen molar-refractivity contribution in [1.82, 2.24) is 4.57 Å². The highest BCUT2D eigenvalue weighted by Crippen LogP contribution is 2.20. The minimum atomic E-state index is -6.09. The lowest BCUT2D eigenvalue weighted by atomic mass is 10.3. The fourth-order valence-corrected chi connectivity index (χ4v) is 1.43. The molecule has 0 spiro atoms. The van der Waals surface area contributed by atoms with Crippen LogP contribution in [-0.4, -0.2) is 28.8 Å². The SMILES string of the molecule is Cn1cc[n+](C)c1C(=O)c1ccco1.O=S(=O)([O-])C(F)(F)F. The van der Waals surface area contributed by atoms with Crippen LogP contribution >= 0.6 is 0 Å². The number of alkyl halides is 3. The maximum atomic E-state index is 11.9. The second-order valence-corrected chi connectivity index (χ2v) is 5.42. The quantitative estimate of drug-likeness (QED) is 0.347. The van der Waals surface area contributed by atoms with E-state index in [1.54, 1.807) is 21.3 Å². The summed E-state index contributed by atoms with van der Waals surface area (Å²) < 4.78 is 67.5. The summed E-state index contributed by atoms with van der Waals surface area (Å²) >= 11 is 0. The van der Waals surface area contributed by atoms with Gasteiger partial charge in [0.15, 0.2) is 15.9 Å². The van der Waals surface area contributed by atoms with Crippen molar-refractivity contribution in [3.63, 3.8) is 0 Å². The topological polar surface area (TPSA) is 96.2 Å². The summed E-state index contributed by atoms with van der Waals surface area (Å²) in [6.07, 6.45) is 5.16. The Hall–Kier alpha value is -2.14. The standard InChI is InChI=1S/C10H11N2O2.CHF3O3S/c1-11-5-6-12(2)10(11)9(13)8-4-3-7-14-8;2-1(3,4)8(5,6)7/h3-7H,1-2H3;(H,5,6,7)/q+1;/p-1. The van der Waals surface area contributed by atoms with Gasteiger partial charge in [0.25, 0.3) is 0 Å². The highest BCUT2D eigenvalue weighted by atomic mass is 32.2. The van der Waals surface area contributed by atoms with Gasteiger partial charge in [-0.25, -0.2) is 17.6 Å². The summed E-state index contributed by atoms with van der Waals surface area (Å²) in [6.45, 7) is 0. The van der Waals surface area contributed by atoms with Crippen molar-refractivity contribution in [3.05, 3.63) is 42.4 Å². The molecule has 2 aromatic heterocycles. The van der Waals surface area contributed by atoms with Crippen LogP contribution in [0.3, 0.4) is 0 Å². The molecule has 0 atom stereocenters. The lowest BCUT2D eigenvalue weighted by Gasteiger charge is -2.08. The molecule has 11 heteroatoms. The molecule has 0 aromatic carbocycles. The van der Waals surface area contributed by atoms with Gasteiger partial charge < -0.3 is 8.97 Å². The van der Waals surface area contributed by atoms with Gasteiger partial charge >= 0.3 is 17.1 Å². The van der Waals surface area contributed by atoms with Crippen LogP contribution in [0.4, 0.5) is 13.2 Å². The number of carbonyl (C=O) groups excluding carboxylic acids is 1. The smallest absolute Gasteiger partial charge is 0.485 e. The van der Waals surface area contributed by atoms with E-state index in [1.165, 1.54) is 6.26 Å². The molecular formula is C11H11F3N2O5S. The normalized spacial score (nSPS) is 11.7. The summed E-state index contributed by atoms with van der Waals surface area (Å²) in [5, 5.41) is 0. The van der Waals surface area contributed by atoms with E-state index in [-0.39, 0.29) is 5.78 Å². The molecule has 7 nitrogen and oxygen atoms in total. The molecule has 0 fully saturated rings. The Balaban J connectivity index is 0.000000261. The molecule has 0 bridgehead atoms. The van der Waals surface area contributed by atoms with E-state index in [1.807, 2.05) is 26.5 Å². The number of hydrogen-bond acceptors (Lipinski definition) is 5. The third-order valence-corrected chi connectivity index (χ3v) is 2.98. The van der Waals surface area contributed by atoms with Crippen LogP contribution in [0, 0.1) is 0 Å². The number of aryl methyl sites for hydroxylation is 2. The molecule has 0 amide bonds. The molecule has 0 aliphatic carbocycles.